The molecule has 1 N–H and O–H groups in total. The van der Waals surface area contributed by atoms with Crippen molar-refractivity contribution in [2.75, 3.05) is 13.2 Å². The number of rotatable bonds is 2. The molecule has 4 nitrogen and oxygen atoms in total. The van der Waals surface area contributed by atoms with Crippen LogP contribution < -0.4 is 0 Å². The first-order valence-electron chi connectivity index (χ1n) is 9.11. The first-order valence-corrected chi connectivity index (χ1v) is 9.11. The molecular weight excluding hydrogens is 304 g/mol. The Morgan fingerprint density at radius 3 is 2.83 bits per heavy atom. The number of esters is 1. The van der Waals surface area contributed by atoms with Gasteiger partial charge in [-0.2, -0.15) is 0 Å². The molecule has 130 valence electrons. The highest BCUT2D eigenvalue weighted by Gasteiger charge is 2.59. The molecule has 0 aromatic heterocycles. The third kappa shape index (κ3) is 2.01. The number of ketones is 1. The zero-order valence-corrected chi connectivity index (χ0v) is 14.5. The van der Waals surface area contributed by atoms with E-state index in [2.05, 4.69) is 26.0 Å². The zero-order valence-electron chi connectivity index (χ0n) is 14.5. The summed E-state index contributed by atoms with van der Waals surface area (Å²) in [5, 5.41) is 9.33. The number of Topliss-reactive ketones (excluding diaryl/α,β-unsaturated/α-hetero) is 1. The molecule has 2 saturated carbocycles. The minimum atomic E-state index is -0.336. The van der Waals surface area contributed by atoms with E-state index < -0.39 is 0 Å². The van der Waals surface area contributed by atoms with Crippen molar-refractivity contribution < 1.29 is 19.4 Å². The van der Waals surface area contributed by atoms with Gasteiger partial charge in [0.15, 0.2) is 5.78 Å². The summed E-state index contributed by atoms with van der Waals surface area (Å²) in [4.78, 5) is 23.8. The Morgan fingerprint density at radius 1 is 1.29 bits per heavy atom. The van der Waals surface area contributed by atoms with Crippen LogP contribution >= 0.6 is 0 Å². The van der Waals surface area contributed by atoms with Crippen LogP contribution in [0.25, 0.3) is 0 Å². The highest BCUT2D eigenvalue weighted by Crippen LogP contribution is 2.64. The molecule has 24 heavy (non-hydrogen) atoms. The van der Waals surface area contributed by atoms with Crippen molar-refractivity contribution in [3.05, 3.63) is 23.8 Å². The van der Waals surface area contributed by atoms with Crippen molar-refractivity contribution in [3.63, 3.8) is 0 Å². The summed E-state index contributed by atoms with van der Waals surface area (Å²) >= 11 is 0. The fourth-order valence-electron chi connectivity index (χ4n) is 6.26. The van der Waals surface area contributed by atoms with Crippen LogP contribution in [0.2, 0.25) is 0 Å². The Kier molecular flexibility index (Phi) is 3.54. The third-order valence-corrected chi connectivity index (χ3v) is 7.64. The van der Waals surface area contributed by atoms with E-state index in [1.165, 1.54) is 0 Å². The van der Waals surface area contributed by atoms with Gasteiger partial charge in [0.2, 0.25) is 0 Å². The molecule has 4 rings (SSSR count). The van der Waals surface area contributed by atoms with E-state index in [0.717, 1.165) is 31.3 Å². The monoisotopic (exact) mass is 330 g/mol. The number of cyclic esters (lactones) is 1. The lowest BCUT2D eigenvalue weighted by atomic mass is 9.50. The van der Waals surface area contributed by atoms with Crippen molar-refractivity contribution in [3.8, 4) is 0 Å². The van der Waals surface area contributed by atoms with Crippen molar-refractivity contribution >= 4 is 11.8 Å². The molecule has 6 atom stereocenters. The number of aliphatic hydroxyl groups excluding tert-OH is 1. The van der Waals surface area contributed by atoms with Gasteiger partial charge in [0.05, 0.1) is 0 Å². The average molecular weight is 330 g/mol. The molecule has 1 heterocycles. The number of hydrogen-bond acceptors (Lipinski definition) is 4. The number of fused-ring (bicyclic) bond motifs is 5. The normalized spacial score (nSPS) is 46.5. The van der Waals surface area contributed by atoms with Crippen LogP contribution in [0, 0.1) is 34.5 Å². The summed E-state index contributed by atoms with van der Waals surface area (Å²) in [7, 11) is 0. The number of carbonyl (C=O) groups is 2. The van der Waals surface area contributed by atoms with Crippen molar-refractivity contribution in [2.24, 2.45) is 34.5 Å². The molecule has 0 amide bonds. The summed E-state index contributed by atoms with van der Waals surface area (Å²) in [5.41, 5.74) is 0.992. The van der Waals surface area contributed by atoms with Gasteiger partial charge in [0.1, 0.15) is 13.2 Å². The lowest BCUT2D eigenvalue weighted by Gasteiger charge is -2.55. The van der Waals surface area contributed by atoms with Gasteiger partial charge in [-0.15, -0.1) is 0 Å². The standard InChI is InChI=1S/C20H26O4/c1-19-8-7-15-13(14(19)5-6-16(19)17(22)10-21)4-3-12-9-18(23)24-11-20(12,15)2/h3-4,9,13-16,21H,5-8,10-11H2,1-2H3/t13-,14-,15-,16+,19-,20-/m0/s1. The number of aliphatic hydroxyl groups is 1. The first-order chi connectivity index (χ1) is 11.4. The Bertz CT molecular complexity index is 648. The summed E-state index contributed by atoms with van der Waals surface area (Å²) < 4.78 is 5.38. The van der Waals surface area contributed by atoms with E-state index in [9.17, 15) is 14.7 Å². The van der Waals surface area contributed by atoms with E-state index in [1.807, 2.05) is 0 Å². The van der Waals surface area contributed by atoms with E-state index in [1.54, 1.807) is 6.08 Å². The van der Waals surface area contributed by atoms with Gasteiger partial charge >= 0.3 is 5.97 Å². The number of carbonyl (C=O) groups excluding carboxylic acids is 2. The van der Waals surface area contributed by atoms with Crippen LogP contribution in [0.1, 0.15) is 39.5 Å². The summed E-state index contributed by atoms with van der Waals surface area (Å²) in [6, 6.07) is 0. The first kappa shape index (κ1) is 16.1. The summed E-state index contributed by atoms with van der Waals surface area (Å²) in [6.07, 6.45) is 10.1. The molecule has 0 bridgehead atoms. The maximum Gasteiger partial charge on any atom is 0.331 e. The molecule has 0 aromatic rings. The summed E-state index contributed by atoms with van der Waals surface area (Å²) in [6.45, 7) is 4.60. The highest BCUT2D eigenvalue weighted by atomic mass is 16.5. The zero-order chi connectivity index (χ0) is 17.1. The molecule has 2 fully saturated rings. The predicted octanol–water partition coefficient (Wildman–Crippen LogP) is 2.67. The van der Waals surface area contributed by atoms with E-state index in [-0.39, 0.29) is 35.1 Å². The van der Waals surface area contributed by atoms with Crippen LogP contribution in [-0.4, -0.2) is 30.1 Å². The second kappa shape index (κ2) is 5.29. The van der Waals surface area contributed by atoms with E-state index in [4.69, 9.17) is 4.74 Å². The Hall–Kier alpha value is -1.42. The van der Waals surface area contributed by atoms with Gasteiger partial charge in [-0.25, -0.2) is 4.79 Å². The van der Waals surface area contributed by atoms with Gasteiger partial charge in [-0.05, 0) is 54.4 Å². The molecular formula is C20H26O4. The highest BCUT2D eigenvalue weighted by molar-refractivity contribution is 5.85. The number of allylic oxidation sites excluding steroid dienone is 2. The maximum atomic E-state index is 12.2. The van der Waals surface area contributed by atoms with Crippen LogP contribution in [0.5, 0.6) is 0 Å². The van der Waals surface area contributed by atoms with Gasteiger partial charge in [0.25, 0.3) is 0 Å². The minimum Gasteiger partial charge on any atom is -0.462 e. The minimum absolute atomic E-state index is 0.00391. The SMILES string of the molecule is C[C@]12CC[C@H]3[C@@H](C=CC4=CC(=O)OC[C@@]43C)[C@@H]1CC[C@@H]2C(=O)CO. The molecule has 0 saturated heterocycles. The van der Waals surface area contributed by atoms with Crippen molar-refractivity contribution in [2.45, 2.75) is 39.5 Å². The lowest BCUT2D eigenvalue weighted by molar-refractivity contribution is -0.146. The van der Waals surface area contributed by atoms with Crippen LogP contribution in [0.3, 0.4) is 0 Å². The van der Waals surface area contributed by atoms with Gasteiger partial charge in [-0.1, -0.05) is 26.0 Å². The molecule has 0 radical (unpaired) electrons. The van der Waals surface area contributed by atoms with Crippen molar-refractivity contribution in [1.82, 2.24) is 0 Å². The molecule has 0 aromatic carbocycles. The smallest absolute Gasteiger partial charge is 0.331 e. The second-order valence-corrected chi connectivity index (χ2v) is 8.57. The largest absolute Gasteiger partial charge is 0.462 e. The van der Waals surface area contributed by atoms with Crippen LogP contribution in [0.15, 0.2) is 23.8 Å². The lowest BCUT2D eigenvalue weighted by Crippen LogP contribution is -2.51. The topological polar surface area (TPSA) is 63.6 Å². The van der Waals surface area contributed by atoms with Crippen LogP contribution in [0.4, 0.5) is 0 Å². The van der Waals surface area contributed by atoms with Gasteiger partial charge in [0, 0.05) is 17.4 Å². The fourth-order valence-corrected chi connectivity index (χ4v) is 6.26. The Labute approximate surface area is 143 Å². The second-order valence-electron chi connectivity index (χ2n) is 8.57. The fraction of sp³-hybridized carbons (Fsp3) is 0.700. The number of hydrogen-bond donors (Lipinski definition) is 1. The molecule has 1 aliphatic heterocycles. The van der Waals surface area contributed by atoms with Gasteiger partial charge < -0.3 is 9.84 Å². The third-order valence-electron chi connectivity index (χ3n) is 7.64. The predicted molar refractivity (Wildman–Crippen MR) is 88.9 cm³/mol. The molecule has 4 heteroatoms. The Balaban J connectivity index is 1.70. The molecule has 4 aliphatic rings. The summed E-state index contributed by atoms with van der Waals surface area (Å²) in [5.74, 6) is 1.14. The molecule has 3 aliphatic carbocycles. The molecule has 0 spiro atoms. The quantitative estimate of drug-likeness (QED) is 0.791. The van der Waals surface area contributed by atoms with E-state index >= 15 is 0 Å². The average Bonchev–Trinajstić information content (AvgIpc) is 2.92. The number of ether oxygens (including phenoxy) is 1. The maximum absolute atomic E-state index is 12.2. The van der Waals surface area contributed by atoms with Crippen LogP contribution in [-0.2, 0) is 14.3 Å². The molecule has 0 unspecified atom stereocenters. The van der Waals surface area contributed by atoms with Crippen molar-refractivity contribution in [1.29, 1.82) is 0 Å². The Morgan fingerprint density at radius 2 is 2.08 bits per heavy atom. The van der Waals surface area contributed by atoms with Gasteiger partial charge in [-0.3, -0.25) is 4.79 Å². The van der Waals surface area contributed by atoms with E-state index in [0.29, 0.717) is 24.4 Å².